The summed E-state index contributed by atoms with van der Waals surface area (Å²) in [6.07, 6.45) is -0.552. The van der Waals surface area contributed by atoms with Gasteiger partial charge >= 0.3 is 17.9 Å². The van der Waals surface area contributed by atoms with E-state index in [0.717, 1.165) is 0 Å². The minimum atomic E-state index is -0.788. The Bertz CT molecular complexity index is 1650. The van der Waals surface area contributed by atoms with Crippen molar-refractivity contribution < 1.29 is 100 Å². The van der Waals surface area contributed by atoms with E-state index in [-0.39, 0.29) is 206 Å². The van der Waals surface area contributed by atoms with Gasteiger partial charge in [-0.1, -0.05) is 0 Å². The Labute approximate surface area is 396 Å². The Morgan fingerprint density at radius 2 is 0.652 bits per heavy atom. The van der Waals surface area contributed by atoms with E-state index in [0.29, 0.717) is 15.2 Å². The van der Waals surface area contributed by atoms with Gasteiger partial charge in [0.2, 0.25) is 17.7 Å². The summed E-state index contributed by atoms with van der Waals surface area (Å²) in [5, 5.41) is 9.34. The van der Waals surface area contributed by atoms with Crippen molar-refractivity contribution >= 4 is 71.1 Å². The van der Waals surface area contributed by atoms with Crippen LogP contribution in [0.15, 0.2) is 0 Å². The minimum absolute atomic E-state index is 0.0133. The van der Waals surface area contributed by atoms with Crippen molar-refractivity contribution in [3.63, 3.8) is 0 Å². The predicted octanol–water partition coefficient (Wildman–Crippen LogP) is -1.86. The molecule has 3 rings (SSSR count). The smallest absolute Gasteiger partial charge is 0.333 e. The number of nitrogens with one attached hydrogen (secondary N) is 3. The first-order chi connectivity index (χ1) is 33.2. The molecule has 3 heterocycles. The molecule has 0 aromatic rings. The number of hydrogen-bond donors (Lipinski definition) is 3. The fourth-order valence-corrected chi connectivity index (χ4v) is 6.04. The maximum atomic E-state index is 12.1. The molecule has 3 saturated heterocycles. The summed E-state index contributed by atoms with van der Waals surface area (Å²) >= 11 is 0. The lowest BCUT2D eigenvalue weighted by Gasteiger charge is -2.18. The molecule has 0 unspecified atom stereocenters. The molecule has 3 aliphatic heterocycles. The van der Waals surface area contributed by atoms with E-state index in [2.05, 4.69) is 16.0 Å². The molecule has 3 N–H and O–H groups in total. The van der Waals surface area contributed by atoms with Crippen LogP contribution in [0, 0.1) is 0 Å². The van der Waals surface area contributed by atoms with Gasteiger partial charge in [-0.3, -0.25) is 43.2 Å². The number of carbonyl (C=O) groups is 12. The van der Waals surface area contributed by atoms with Gasteiger partial charge in [-0.2, -0.15) is 0 Å². The number of amides is 9. The first-order valence-electron chi connectivity index (χ1n) is 22.7. The molecule has 3 aliphatic rings. The lowest BCUT2D eigenvalue weighted by atomic mass is 10.2. The van der Waals surface area contributed by atoms with Crippen molar-refractivity contribution in [2.45, 2.75) is 102 Å². The molecular formula is C42H62N6O21. The predicted molar refractivity (Wildman–Crippen MR) is 226 cm³/mol. The molecule has 0 aliphatic carbocycles. The van der Waals surface area contributed by atoms with Crippen LogP contribution in [-0.4, -0.2) is 185 Å². The average molecular weight is 987 g/mol. The normalized spacial score (nSPS) is 14.8. The average Bonchev–Trinajstić information content (AvgIpc) is 3.93. The van der Waals surface area contributed by atoms with Gasteiger partial charge in [-0.25, -0.2) is 14.4 Å². The summed E-state index contributed by atoms with van der Waals surface area (Å²) in [4.78, 5) is 156. The number of rotatable bonds is 38. The van der Waals surface area contributed by atoms with E-state index in [1.807, 2.05) is 0 Å². The monoisotopic (exact) mass is 986 g/mol. The van der Waals surface area contributed by atoms with Gasteiger partial charge in [0.25, 0.3) is 35.4 Å². The van der Waals surface area contributed by atoms with Gasteiger partial charge in [0.1, 0.15) is 6.10 Å². The summed E-state index contributed by atoms with van der Waals surface area (Å²) in [7, 11) is 0. The van der Waals surface area contributed by atoms with Crippen LogP contribution in [0.3, 0.4) is 0 Å². The molecule has 27 heteroatoms. The van der Waals surface area contributed by atoms with Crippen molar-refractivity contribution in [3.05, 3.63) is 0 Å². The van der Waals surface area contributed by atoms with Crippen LogP contribution < -0.4 is 16.0 Å². The van der Waals surface area contributed by atoms with E-state index < -0.39 is 59.5 Å². The second-order valence-corrected chi connectivity index (χ2v) is 15.2. The van der Waals surface area contributed by atoms with Crippen LogP contribution in [0.5, 0.6) is 0 Å². The van der Waals surface area contributed by atoms with Crippen LogP contribution in [0.4, 0.5) is 0 Å². The fourth-order valence-electron chi connectivity index (χ4n) is 6.04. The quantitative estimate of drug-likeness (QED) is 0.0451. The Balaban J connectivity index is 1.23. The highest BCUT2D eigenvalue weighted by molar-refractivity contribution is 6.03. The maximum Gasteiger partial charge on any atom is 0.333 e. The first-order valence-corrected chi connectivity index (χ1v) is 22.7. The third-order valence-corrected chi connectivity index (χ3v) is 9.59. The van der Waals surface area contributed by atoms with Gasteiger partial charge in [0, 0.05) is 96.7 Å². The van der Waals surface area contributed by atoms with Gasteiger partial charge in [0.05, 0.1) is 72.7 Å². The maximum absolute atomic E-state index is 12.1. The van der Waals surface area contributed by atoms with E-state index in [4.69, 9.17) is 42.9 Å². The molecule has 0 radical (unpaired) electrons. The van der Waals surface area contributed by atoms with Crippen molar-refractivity contribution in [1.82, 2.24) is 31.1 Å². The molecule has 0 saturated carbocycles. The Morgan fingerprint density at radius 3 is 0.957 bits per heavy atom. The standard InChI is InChI=1S/C42H62N6O21/c49-31(4-1-7-40(58)67-46-34(52)10-11-35(46)53)43-16-19-61-22-24-64-28-30(66-27-26-63-21-18-45-33(51)6-3-9-42(60)69-48-38(56)14-15-39(48)57)29-65-25-23-62-20-17-44-32(50)5-2-8-41(59)68-47-36(54)12-13-37(47)55/h30H,1-29H2,(H,43,49)(H,44,50)(H,45,51). The van der Waals surface area contributed by atoms with Gasteiger partial charge < -0.3 is 58.9 Å². The summed E-state index contributed by atoms with van der Waals surface area (Å²) in [6, 6.07) is 0. The highest BCUT2D eigenvalue weighted by atomic mass is 16.7. The van der Waals surface area contributed by atoms with Crippen LogP contribution in [0.2, 0.25) is 0 Å². The molecule has 3 fully saturated rings. The third kappa shape index (κ3) is 24.7. The van der Waals surface area contributed by atoms with Crippen molar-refractivity contribution in [3.8, 4) is 0 Å². The lowest BCUT2D eigenvalue weighted by Crippen LogP contribution is -2.32. The SMILES string of the molecule is O=C(CCCC(=O)ON1C(=O)CCC1=O)NCCOCCOCC(COCCOCCNC(=O)CCCC(=O)ON1C(=O)CCC1=O)OCCOCCNC(=O)CCCC(=O)ON1C(=O)CCC1=O. The molecule has 0 atom stereocenters. The Kier molecular flexibility index (Phi) is 27.8. The second kappa shape index (κ2) is 33.5. The molecule has 0 spiro atoms. The van der Waals surface area contributed by atoms with E-state index in [1.54, 1.807) is 0 Å². The summed E-state index contributed by atoms with van der Waals surface area (Å²) in [6.45, 7) is 2.47. The van der Waals surface area contributed by atoms with Gasteiger partial charge in [-0.05, 0) is 19.3 Å². The fraction of sp³-hybridized carbons (Fsp3) is 0.714. The molecule has 0 aromatic carbocycles. The molecule has 386 valence electrons. The molecule has 0 aromatic heterocycles. The van der Waals surface area contributed by atoms with E-state index in [9.17, 15) is 57.5 Å². The number of carbonyl (C=O) groups excluding carboxylic acids is 12. The highest BCUT2D eigenvalue weighted by Crippen LogP contribution is 2.15. The number of nitrogens with zero attached hydrogens (tertiary/aromatic N) is 3. The third-order valence-electron chi connectivity index (χ3n) is 9.59. The summed E-state index contributed by atoms with van der Waals surface area (Å²) in [5.74, 6) is -6.83. The van der Waals surface area contributed by atoms with Crippen LogP contribution in [0.25, 0.3) is 0 Å². The second-order valence-electron chi connectivity index (χ2n) is 15.2. The highest BCUT2D eigenvalue weighted by Gasteiger charge is 2.34. The number of imide groups is 3. The number of hydroxylamine groups is 6. The topological polar surface area (TPSA) is 334 Å². The number of hydrogen-bond acceptors (Lipinski definition) is 21. The largest absolute Gasteiger partial charge is 0.377 e. The van der Waals surface area contributed by atoms with E-state index >= 15 is 0 Å². The summed E-state index contributed by atoms with van der Waals surface area (Å²) < 4.78 is 33.8. The van der Waals surface area contributed by atoms with E-state index in [1.165, 1.54) is 0 Å². The molecular weight excluding hydrogens is 924 g/mol. The zero-order valence-corrected chi connectivity index (χ0v) is 38.5. The molecule has 69 heavy (non-hydrogen) atoms. The molecule has 0 bridgehead atoms. The van der Waals surface area contributed by atoms with Crippen LogP contribution in [-0.2, 0) is 100 Å². The number of ether oxygens (including phenoxy) is 6. The first kappa shape index (κ1) is 57.3. The zero-order chi connectivity index (χ0) is 50.2. The molecule has 27 nitrogen and oxygen atoms in total. The van der Waals surface area contributed by atoms with Crippen molar-refractivity contribution in [1.29, 1.82) is 0 Å². The lowest BCUT2D eigenvalue weighted by molar-refractivity contribution is -0.197. The minimum Gasteiger partial charge on any atom is -0.377 e. The zero-order valence-electron chi connectivity index (χ0n) is 38.5. The van der Waals surface area contributed by atoms with Gasteiger partial charge in [-0.15, -0.1) is 15.2 Å². The van der Waals surface area contributed by atoms with Crippen LogP contribution >= 0.6 is 0 Å². The van der Waals surface area contributed by atoms with Crippen molar-refractivity contribution in [2.75, 3.05) is 92.3 Å². The molecule has 9 amide bonds. The van der Waals surface area contributed by atoms with Crippen LogP contribution in [0.1, 0.15) is 96.3 Å². The Hall–Kier alpha value is -6.00. The Morgan fingerprint density at radius 1 is 0.377 bits per heavy atom. The van der Waals surface area contributed by atoms with Crippen molar-refractivity contribution in [2.24, 2.45) is 0 Å². The summed E-state index contributed by atoms with van der Waals surface area (Å²) in [5.41, 5.74) is 0. The van der Waals surface area contributed by atoms with Gasteiger partial charge in [0.15, 0.2) is 0 Å².